The molecule has 0 amide bonds. The molecule has 0 spiro atoms. The van der Waals surface area contributed by atoms with Crippen molar-refractivity contribution in [3.05, 3.63) is 169 Å². The second-order valence-corrected chi connectivity index (χ2v) is 10.3. The number of fused-ring (bicyclic) bond motifs is 7. The van der Waals surface area contributed by atoms with Crippen molar-refractivity contribution in [2.24, 2.45) is 0 Å². The van der Waals surface area contributed by atoms with E-state index in [1.807, 2.05) is 0 Å². The molecule has 9 aromatic carbocycles. The standard InChI is InChI=1S/C46H28O/c1-2-12-33-27-44-42(26-32(33)11-1)36-25-24-34(28-43(36)47-44)29-20-22-31(23-21-29)45-38-15-5-7-17-40(38)46(41-18-8-6-16-39(41)45)37-19-9-13-30-10-3-4-14-35(30)37/h1-28H/i1D,2D,3D,4D,5D,6D,7D,8D,9D,10D,11D,12D,13D,14D,15D,16D,17D,18D,19D,20D,21D,22D,23D,24D,25D,26D,27D,28D. The lowest BCUT2D eigenvalue weighted by Gasteiger charge is -2.19. The van der Waals surface area contributed by atoms with Gasteiger partial charge in [-0.3, -0.25) is 0 Å². The number of hydrogen-bond acceptors (Lipinski definition) is 1. The summed E-state index contributed by atoms with van der Waals surface area (Å²) in [6, 6.07) is -25.3. The molecule has 10 rings (SSSR count). The summed E-state index contributed by atoms with van der Waals surface area (Å²) >= 11 is 0. The van der Waals surface area contributed by atoms with Crippen LogP contribution < -0.4 is 0 Å². The molecule has 0 aliphatic heterocycles. The van der Waals surface area contributed by atoms with Crippen molar-refractivity contribution in [1.29, 1.82) is 0 Å². The van der Waals surface area contributed by atoms with Gasteiger partial charge in [0.2, 0.25) is 0 Å². The molecule has 0 fully saturated rings. The van der Waals surface area contributed by atoms with Gasteiger partial charge in [0.15, 0.2) is 0 Å². The van der Waals surface area contributed by atoms with Crippen molar-refractivity contribution in [3.8, 4) is 33.4 Å². The first-order chi connectivity index (χ1) is 35.0. The Balaban J connectivity index is 1.40. The van der Waals surface area contributed by atoms with Gasteiger partial charge in [-0.15, -0.1) is 0 Å². The van der Waals surface area contributed by atoms with Gasteiger partial charge in [-0.2, -0.15) is 0 Å². The predicted octanol–water partition coefficient (Wildman–Crippen LogP) is 13.2. The van der Waals surface area contributed by atoms with Crippen LogP contribution in [0.4, 0.5) is 0 Å². The van der Waals surface area contributed by atoms with E-state index in [4.69, 9.17) is 27.7 Å². The molecule has 1 nitrogen and oxygen atoms in total. The third-order valence-electron chi connectivity index (χ3n) is 7.70. The molecule has 0 radical (unpaired) electrons. The maximum atomic E-state index is 9.57. The second-order valence-electron chi connectivity index (χ2n) is 10.3. The molecule has 1 heterocycles. The minimum absolute atomic E-state index is 0.377. The molecule has 0 aliphatic rings. The lowest BCUT2D eigenvalue weighted by atomic mass is 9.84. The third-order valence-corrected chi connectivity index (χ3v) is 7.70. The lowest BCUT2D eigenvalue weighted by Crippen LogP contribution is -1.91. The summed E-state index contributed by atoms with van der Waals surface area (Å²) < 4.78 is 257. The molecule has 0 N–H and O–H groups in total. The molecule has 0 bridgehead atoms. The Morgan fingerprint density at radius 3 is 1.53 bits per heavy atom. The number of rotatable bonds is 3. The molecule has 218 valence electrons. The van der Waals surface area contributed by atoms with Crippen molar-refractivity contribution in [2.45, 2.75) is 0 Å². The van der Waals surface area contributed by atoms with Gasteiger partial charge in [-0.1, -0.05) is 145 Å². The van der Waals surface area contributed by atoms with Gasteiger partial charge in [0.25, 0.3) is 0 Å². The fourth-order valence-corrected chi connectivity index (χ4v) is 5.67. The molecule has 0 unspecified atom stereocenters. The predicted molar refractivity (Wildman–Crippen MR) is 200 cm³/mol. The minimum atomic E-state index is -1.10. The maximum Gasteiger partial charge on any atom is 0.136 e. The molecule has 47 heavy (non-hydrogen) atoms. The van der Waals surface area contributed by atoms with Crippen LogP contribution in [0.25, 0.3) is 98.4 Å². The monoisotopic (exact) mass is 624 g/mol. The van der Waals surface area contributed by atoms with E-state index in [0.29, 0.717) is 0 Å². The van der Waals surface area contributed by atoms with E-state index in [1.54, 1.807) is 0 Å². The maximum absolute atomic E-state index is 9.57. The van der Waals surface area contributed by atoms with Gasteiger partial charge in [0.1, 0.15) is 11.2 Å². The highest BCUT2D eigenvalue weighted by Gasteiger charge is 2.18. The zero-order chi connectivity index (χ0) is 55.3. The van der Waals surface area contributed by atoms with E-state index in [0.717, 1.165) is 0 Å². The molecule has 10 aromatic rings. The van der Waals surface area contributed by atoms with Crippen molar-refractivity contribution < 1.29 is 42.8 Å². The Hall–Kier alpha value is -6.18. The summed E-state index contributed by atoms with van der Waals surface area (Å²) in [5.74, 6) is 0. The van der Waals surface area contributed by atoms with Gasteiger partial charge >= 0.3 is 0 Å². The minimum Gasteiger partial charge on any atom is -0.456 e. The van der Waals surface area contributed by atoms with Crippen molar-refractivity contribution in [3.63, 3.8) is 0 Å². The van der Waals surface area contributed by atoms with Crippen LogP contribution in [-0.2, 0) is 0 Å². The fraction of sp³-hybridized carbons (Fsp3) is 0. The summed E-state index contributed by atoms with van der Waals surface area (Å²) in [6.45, 7) is 0. The summed E-state index contributed by atoms with van der Waals surface area (Å²) in [7, 11) is 0. The van der Waals surface area contributed by atoms with Gasteiger partial charge in [0, 0.05) is 10.8 Å². The van der Waals surface area contributed by atoms with Crippen LogP contribution in [0.3, 0.4) is 0 Å². The summed E-state index contributed by atoms with van der Waals surface area (Å²) in [5, 5.41) is -5.87. The van der Waals surface area contributed by atoms with Crippen LogP contribution in [0.2, 0.25) is 0 Å². The highest BCUT2D eigenvalue weighted by Crippen LogP contribution is 2.45. The van der Waals surface area contributed by atoms with E-state index in [-0.39, 0.29) is 5.39 Å². The third kappa shape index (κ3) is 4.03. The van der Waals surface area contributed by atoms with Crippen LogP contribution in [0.15, 0.2) is 174 Å². The Kier molecular flexibility index (Phi) is 2.31. The SMILES string of the molecule is [2H]c1c([2H])c(-c2c3c([2H])c([2H])c([2H])c([2H])c3c(-c3c([2H])c([2H])c([2H])c4c([2H])c([2H])c([2H])c([2H])c34)c3c([2H])c([2H])c([2H])c([2H])c23)c([2H])c([2H])c1-c1c([2H])c([2H])c2c(oc3c([2H])c4c([2H])c([2H])c([2H])c([2H])c4c([2H])c32)c1[2H]. The summed E-state index contributed by atoms with van der Waals surface area (Å²) in [6.07, 6.45) is 0. The summed E-state index contributed by atoms with van der Waals surface area (Å²) in [5.41, 5.74) is -5.76. The van der Waals surface area contributed by atoms with E-state index >= 15 is 0 Å². The Bertz CT molecular complexity index is 4330. The van der Waals surface area contributed by atoms with E-state index in [2.05, 4.69) is 0 Å². The number of hydrogen-bond donors (Lipinski definition) is 0. The van der Waals surface area contributed by atoms with Crippen LogP contribution >= 0.6 is 0 Å². The Morgan fingerprint density at radius 2 is 0.830 bits per heavy atom. The average molecular weight is 625 g/mol. The number of furan rings is 1. The molecule has 0 saturated heterocycles. The van der Waals surface area contributed by atoms with Crippen LogP contribution in [0.1, 0.15) is 38.4 Å². The molecule has 0 atom stereocenters. The zero-order valence-electron chi connectivity index (χ0n) is 51.4. The van der Waals surface area contributed by atoms with Crippen LogP contribution in [0.5, 0.6) is 0 Å². The van der Waals surface area contributed by atoms with E-state index in [1.165, 1.54) is 0 Å². The van der Waals surface area contributed by atoms with Crippen LogP contribution in [0, 0.1) is 0 Å². The van der Waals surface area contributed by atoms with Gasteiger partial charge in [0.05, 0.1) is 38.4 Å². The van der Waals surface area contributed by atoms with Crippen molar-refractivity contribution in [2.75, 3.05) is 0 Å². The first-order valence-corrected chi connectivity index (χ1v) is 13.9. The molecule has 1 heteroatoms. The summed E-state index contributed by atoms with van der Waals surface area (Å²) in [4.78, 5) is 0. The number of benzene rings is 9. The molecule has 0 aliphatic carbocycles. The van der Waals surface area contributed by atoms with Gasteiger partial charge < -0.3 is 4.42 Å². The quantitative estimate of drug-likeness (QED) is 0.178. The zero-order valence-corrected chi connectivity index (χ0v) is 23.4. The lowest BCUT2D eigenvalue weighted by molar-refractivity contribution is 0.669. The van der Waals surface area contributed by atoms with Crippen LogP contribution in [-0.4, -0.2) is 0 Å². The molecular weight excluding hydrogens is 569 g/mol. The second kappa shape index (κ2) is 10.2. The molecule has 0 saturated carbocycles. The highest BCUT2D eigenvalue weighted by molar-refractivity contribution is 6.23. The van der Waals surface area contributed by atoms with Gasteiger partial charge in [-0.25, -0.2) is 0 Å². The van der Waals surface area contributed by atoms with E-state index < -0.39 is 262 Å². The smallest absolute Gasteiger partial charge is 0.136 e. The molecular formula is C46H28O. The normalized spacial score (nSPS) is 20.2. The first kappa shape index (κ1) is 10.7. The van der Waals surface area contributed by atoms with Gasteiger partial charge in [-0.05, 0) is 101 Å². The average Bonchev–Trinajstić information content (AvgIpc) is 3.80. The first-order valence-electron chi connectivity index (χ1n) is 27.9. The van der Waals surface area contributed by atoms with Crippen molar-refractivity contribution >= 4 is 65.0 Å². The molecule has 1 aromatic heterocycles. The largest absolute Gasteiger partial charge is 0.456 e. The topological polar surface area (TPSA) is 13.1 Å². The van der Waals surface area contributed by atoms with Crippen molar-refractivity contribution in [1.82, 2.24) is 0 Å². The Labute approximate surface area is 311 Å². The Morgan fingerprint density at radius 1 is 0.319 bits per heavy atom. The highest BCUT2D eigenvalue weighted by atomic mass is 16.3. The van der Waals surface area contributed by atoms with E-state index in [9.17, 15) is 15.1 Å². The fourth-order valence-electron chi connectivity index (χ4n) is 5.67.